The Balaban J connectivity index is 2.92. The second-order valence-corrected chi connectivity index (χ2v) is 3.93. The van der Waals surface area contributed by atoms with E-state index in [9.17, 15) is 9.59 Å². The first-order chi connectivity index (χ1) is 6.43. The molecule has 78 valence electrons. The van der Waals surface area contributed by atoms with Crippen LogP contribution in [0.3, 0.4) is 0 Å². The number of nitrogens with two attached hydrogens (primary N) is 1. The summed E-state index contributed by atoms with van der Waals surface area (Å²) in [7, 11) is 0. The molecule has 0 unspecified atom stereocenters. The molecule has 0 bridgehead atoms. The normalized spacial score (nSPS) is 32.1. The fraction of sp³-hybridized carbons (Fsp3) is 0.600. The third-order valence-electron chi connectivity index (χ3n) is 3.01. The molecule has 4 heteroatoms. The number of carbonyl (C=O) groups is 2. The van der Waals surface area contributed by atoms with Gasteiger partial charge in [0.15, 0.2) is 0 Å². The number of aliphatic carboxylic acids is 1. The standard InChI is InChI=1S/C10H15NO3/c1-5-3-7(10(13)14)4-8(6(5)2)9(11)12/h3,5-6,8H,4H2,1-2H3,(H2,11,12)(H,13,14)/t5-,6+,8+/m1/s1. The molecule has 0 aromatic carbocycles. The van der Waals surface area contributed by atoms with Crippen LogP contribution in [-0.2, 0) is 9.59 Å². The molecule has 0 radical (unpaired) electrons. The van der Waals surface area contributed by atoms with Gasteiger partial charge in [-0.25, -0.2) is 4.79 Å². The van der Waals surface area contributed by atoms with Gasteiger partial charge in [-0.15, -0.1) is 0 Å². The predicted molar refractivity (Wildman–Crippen MR) is 51.3 cm³/mol. The van der Waals surface area contributed by atoms with Crippen LogP contribution in [0.4, 0.5) is 0 Å². The lowest BCUT2D eigenvalue weighted by molar-refractivity contribution is -0.133. The van der Waals surface area contributed by atoms with Gasteiger partial charge in [0, 0.05) is 11.5 Å². The summed E-state index contributed by atoms with van der Waals surface area (Å²) in [6.45, 7) is 3.83. The number of amides is 1. The van der Waals surface area contributed by atoms with Crippen molar-refractivity contribution in [3.63, 3.8) is 0 Å². The third-order valence-corrected chi connectivity index (χ3v) is 3.01. The Kier molecular flexibility index (Phi) is 2.93. The second kappa shape index (κ2) is 3.82. The lowest BCUT2D eigenvalue weighted by Crippen LogP contribution is -2.35. The minimum atomic E-state index is -0.949. The Bertz CT molecular complexity index is 296. The van der Waals surface area contributed by atoms with E-state index in [4.69, 9.17) is 10.8 Å². The molecular weight excluding hydrogens is 182 g/mol. The van der Waals surface area contributed by atoms with Gasteiger partial charge in [-0.3, -0.25) is 4.79 Å². The van der Waals surface area contributed by atoms with E-state index in [0.717, 1.165) is 0 Å². The van der Waals surface area contributed by atoms with E-state index in [2.05, 4.69) is 0 Å². The van der Waals surface area contributed by atoms with Crippen molar-refractivity contribution < 1.29 is 14.7 Å². The molecule has 0 aliphatic heterocycles. The maximum atomic E-state index is 11.1. The Labute approximate surface area is 82.8 Å². The first kappa shape index (κ1) is 10.8. The largest absolute Gasteiger partial charge is 0.478 e. The number of hydrogen-bond donors (Lipinski definition) is 2. The van der Waals surface area contributed by atoms with Crippen LogP contribution in [0.5, 0.6) is 0 Å². The number of allylic oxidation sites excluding steroid dienone is 1. The van der Waals surface area contributed by atoms with Crippen molar-refractivity contribution in [1.82, 2.24) is 0 Å². The highest BCUT2D eigenvalue weighted by atomic mass is 16.4. The Morgan fingerprint density at radius 2 is 2.07 bits per heavy atom. The number of primary amides is 1. The highest BCUT2D eigenvalue weighted by Crippen LogP contribution is 2.33. The summed E-state index contributed by atoms with van der Waals surface area (Å²) in [6, 6.07) is 0. The number of carboxylic acid groups (broad SMARTS) is 1. The molecule has 0 spiro atoms. The number of carboxylic acids is 1. The van der Waals surface area contributed by atoms with Crippen LogP contribution in [0, 0.1) is 17.8 Å². The topological polar surface area (TPSA) is 80.4 Å². The molecule has 0 fully saturated rings. The van der Waals surface area contributed by atoms with Crippen LogP contribution in [0.15, 0.2) is 11.6 Å². The predicted octanol–water partition coefficient (Wildman–Crippen LogP) is 0.775. The van der Waals surface area contributed by atoms with E-state index < -0.39 is 11.9 Å². The zero-order chi connectivity index (χ0) is 10.9. The fourth-order valence-electron chi connectivity index (χ4n) is 1.84. The molecule has 3 atom stereocenters. The summed E-state index contributed by atoms with van der Waals surface area (Å²) in [5.74, 6) is -1.49. The van der Waals surface area contributed by atoms with Gasteiger partial charge < -0.3 is 10.8 Å². The van der Waals surface area contributed by atoms with E-state index >= 15 is 0 Å². The van der Waals surface area contributed by atoms with Crippen LogP contribution < -0.4 is 5.73 Å². The zero-order valence-corrected chi connectivity index (χ0v) is 8.36. The van der Waals surface area contributed by atoms with Gasteiger partial charge in [0.25, 0.3) is 0 Å². The van der Waals surface area contributed by atoms with Gasteiger partial charge >= 0.3 is 5.97 Å². The first-order valence-electron chi connectivity index (χ1n) is 4.66. The summed E-state index contributed by atoms with van der Waals surface area (Å²) in [5.41, 5.74) is 5.53. The van der Waals surface area contributed by atoms with E-state index in [0.29, 0.717) is 5.57 Å². The highest BCUT2D eigenvalue weighted by Gasteiger charge is 2.33. The van der Waals surface area contributed by atoms with Crippen LogP contribution in [-0.4, -0.2) is 17.0 Å². The van der Waals surface area contributed by atoms with Gasteiger partial charge in [-0.2, -0.15) is 0 Å². The lowest BCUT2D eigenvalue weighted by Gasteiger charge is -2.29. The second-order valence-electron chi connectivity index (χ2n) is 3.93. The Hall–Kier alpha value is -1.32. The van der Waals surface area contributed by atoms with Crippen molar-refractivity contribution in [2.75, 3.05) is 0 Å². The van der Waals surface area contributed by atoms with Gasteiger partial charge in [0.2, 0.25) is 5.91 Å². The molecule has 0 aromatic rings. The van der Waals surface area contributed by atoms with Crippen LogP contribution in [0.1, 0.15) is 20.3 Å². The highest BCUT2D eigenvalue weighted by molar-refractivity contribution is 5.89. The minimum absolute atomic E-state index is 0.0901. The molecule has 0 saturated heterocycles. The molecule has 0 aromatic heterocycles. The average molecular weight is 197 g/mol. The maximum absolute atomic E-state index is 11.1. The van der Waals surface area contributed by atoms with Gasteiger partial charge in [-0.1, -0.05) is 19.9 Å². The first-order valence-corrected chi connectivity index (χ1v) is 4.66. The van der Waals surface area contributed by atoms with Gasteiger partial charge in [0.05, 0.1) is 0 Å². The summed E-state index contributed by atoms with van der Waals surface area (Å²) in [6.07, 6.45) is 1.97. The maximum Gasteiger partial charge on any atom is 0.331 e. The van der Waals surface area contributed by atoms with Crippen molar-refractivity contribution in [3.05, 3.63) is 11.6 Å². The molecule has 1 amide bonds. The molecule has 4 nitrogen and oxygen atoms in total. The molecule has 0 saturated carbocycles. The minimum Gasteiger partial charge on any atom is -0.478 e. The van der Waals surface area contributed by atoms with Crippen LogP contribution >= 0.6 is 0 Å². The molecule has 3 N–H and O–H groups in total. The Morgan fingerprint density at radius 1 is 1.50 bits per heavy atom. The van der Waals surface area contributed by atoms with E-state index in [1.54, 1.807) is 6.08 Å². The summed E-state index contributed by atoms with van der Waals surface area (Å²) in [4.78, 5) is 21.8. The summed E-state index contributed by atoms with van der Waals surface area (Å²) >= 11 is 0. The molecule has 14 heavy (non-hydrogen) atoms. The van der Waals surface area contributed by atoms with Crippen molar-refractivity contribution in [1.29, 1.82) is 0 Å². The van der Waals surface area contributed by atoms with Crippen LogP contribution in [0.25, 0.3) is 0 Å². The number of hydrogen-bond acceptors (Lipinski definition) is 2. The summed E-state index contributed by atoms with van der Waals surface area (Å²) < 4.78 is 0. The number of carbonyl (C=O) groups excluding carboxylic acids is 1. The van der Waals surface area contributed by atoms with E-state index in [1.165, 1.54) is 0 Å². The van der Waals surface area contributed by atoms with Crippen LogP contribution in [0.2, 0.25) is 0 Å². The number of rotatable bonds is 2. The third kappa shape index (κ3) is 1.95. The monoisotopic (exact) mass is 197 g/mol. The molecule has 1 aliphatic carbocycles. The molecule has 0 heterocycles. The summed E-state index contributed by atoms with van der Waals surface area (Å²) in [5, 5.41) is 8.82. The molecule has 1 aliphatic rings. The van der Waals surface area contributed by atoms with E-state index in [-0.39, 0.29) is 24.2 Å². The Morgan fingerprint density at radius 3 is 2.50 bits per heavy atom. The van der Waals surface area contributed by atoms with Gasteiger partial charge in [0.1, 0.15) is 0 Å². The molecule has 1 rings (SSSR count). The zero-order valence-electron chi connectivity index (χ0n) is 8.36. The van der Waals surface area contributed by atoms with Crippen molar-refractivity contribution in [2.24, 2.45) is 23.5 Å². The quantitative estimate of drug-likeness (QED) is 0.686. The van der Waals surface area contributed by atoms with Crippen molar-refractivity contribution >= 4 is 11.9 Å². The van der Waals surface area contributed by atoms with Crippen molar-refractivity contribution in [3.8, 4) is 0 Å². The fourth-order valence-corrected chi connectivity index (χ4v) is 1.84. The van der Waals surface area contributed by atoms with Crippen molar-refractivity contribution in [2.45, 2.75) is 20.3 Å². The smallest absolute Gasteiger partial charge is 0.331 e. The lowest BCUT2D eigenvalue weighted by atomic mass is 9.74. The molecular formula is C10H15NO3. The SMILES string of the molecule is C[C@H]1[C@H](C)C=C(C(=O)O)C[C@@H]1C(N)=O. The van der Waals surface area contributed by atoms with E-state index in [1.807, 2.05) is 13.8 Å². The average Bonchev–Trinajstić information content (AvgIpc) is 2.08. The van der Waals surface area contributed by atoms with Gasteiger partial charge in [-0.05, 0) is 18.3 Å².